The monoisotopic (exact) mass is 354 g/mol. The molecule has 2 saturated heterocycles. The van der Waals surface area contributed by atoms with Crippen LogP contribution >= 0.6 is 23.7 Å². The lowest BCUT2D eigenvalue weighted by atomic mass is 9.84. The van der Waals surface area contributed by atoms with Crippen molar-refractivity contribution in [2.24, 2.45) is 5.92 Å². The first-order chi connectivity index (χ1) is 10.8. The molecule has 0 bridgehead atoms. The first-order valence-electron chi connectivity index (χ1n) is 8.91. The number of thiophene rings is 1. The minimum absolute atomic E-state index is 0. The fraction of sp³-hybridized carbons (Fsp3) is 0.722. The van der Waals surface area contributed by atoms with Crippen LogP contribution in [0.1, 0.15) is 54.9 Å². The van der Waals surface area contributed by atoms with Crippen molar-refractivity contribution in [3.63, 3.8) is 0 Å². The zero-order valence-electron chi connectivity index (χ0n) is 13.6. The fourth-order valence-electron chi connectivity index (χ4n) is 4.60. The van der Waals surface area contributed by atoms with Gasteiger partial charge in [0.15, 0.2) is 0 Å². The highest BCUT2D eigenvalue weighted by atomic mass is 35.5. The summed E-state index contributed by atoms with van der Waals surface area (Å²) in [4.78, 5) is 16.6. The minimum atomic E-state index is 0. The van der Waals surface area contributed by atoms with E-state index in [1.807, 2.05) is 11.3 Å². The molecule has 2 unspecified atom stereocenters. The third-order valence-corrected chi connectivity index (χ3v) is 6.87. The first kappa shape index (κ1) is 17.2. The second-order valence-electron chi connectivity index (χ2n) is 7.11. The number of nitrogens with zero attached hydrogens (tertiary/aromatic N) is 1. The van der Waals surface area contributed by atoms with Crippen molar-refractivity contribution in [1.82, 2.24) is 10.2 Å². The summed E-state index contributed by atoms with van der Waals surface area (Å²) < 4.78 is 0. The Hall–Kier alpha value is -0.580. The predicted octanol–water partition coefficient (Wildman–Crippen LogP) is 3.58. The normalized spacial score (nSPS) is 28.3. The van der Waals surface area contributed by atoms with E-state index in [4.69, 9.17) is 0 Å². The Bertz CT molecular complexity index is 533. The number of piperidine rings is 1. The van der Waals surface area contributed by atoms with Crippen LogP contribution in [0.15, 0.2) is 11.4 Å². The Morgan fingerprint density at radius 2 is 2.00 bits per heavy atom. The van der Waals surface area contributed by atoms with E-state index in [2.05, 4.69) is 21.7 Å². The van der Waals surface area contributed by atoms with Gasteiger partial charge in [-0.1, -0.05) is 0 Å². The van der Waals surface area contributed by atoms with E-state index >= 15 is 0 Å². The summed E-state index contributed by atoms with van der Waals surface area (Å²) in [5, 5.41) is 5.80. The summed E-state index contributed by atoms with van der Waals surface area (Å²) in [6.45, 7) is 3.13. The number of rotatable bonds is 2. The van der Waals surface area contributed by atoms with Gasteiger partial charge in [-0.3, -0.25) is 4.79 Å². The SMILES string of the molecule is Cl.O=C(C1CCCc2sccc21)N1CCC(C2CCCN2)CC1. The molecule has 3 aliphatic rings. The van der Waals surface area contributed by atoms with Gasteiger partial charge in [-0.15, -0.1) is 23.7 Å². The molecule has 0 saturated carbocycles. The lowest BCUT2D eigenvalue weighted by Gasteiger charge is -2.37. The molecular weight excluding hydrogens is 328 g/mol. The summed E-state index contributed by atoms with van der Waals surface area (Å²) in [5.41, 5.74) is 1.33. The molecule has 1 amide bonds. The highest BCUT2D eigenvalue weighted by Gasteiger charge is 2.34. The highest BCUT2D eigenvalue weighted by Crippen LogP contribution is 2.37. The van der Waals surface area contributed by atoms with Crippen molar-refractivity contribution in [3.8, 4) is 0 Å². The number of carbonyl (C=O) groups excluding carboxylic acids is 1. The van der Waals surface area contributed by atoms with Crippen LogP contribution in [-0.4, -0.2) is 36.5 Å². The van der Waals surface area contributed by atoms with Crippen LogP contribution in [0.5, 0.6) is 0 Å². The average Bonchev–Trinajstić information content (AvgIpc) is 3.25. The molecule has 0 radical (unpaired) electrons. The van der Waals surface area contributed by atoms with Gasteiger partial charge in [-0.2, -0.15) is 0 Å². The van der Waals surface area contributed by atoms with Crippen LogP contribution in [-0.2, 0) is 11.2 Å². The van der Waals surface area contributed by atoms with Crippen LogP contribution < -0.4 is 5.32 Å². The number of fused-ring (bicyclic) bond motifs is 1. The van der Waals surface area contributed by atoms with Crippen LogP contribution in [0, 0.1) is 5.92 Å². The number of likely N-dealkylation sites (tertiary alicyclic amines) is 1. The molecule has 2 aliphatic heterocycles. The maximum absolute atomic E-state index is 13.0. The lowest BCUT2D eigenvalue weighted by Crippen LogP contribution is -2.45. The van der Waals surface area contributed by atoms with E-state index < -0.39 is 0 Å². The minimum Gasteiger partial charge on any atom is -0.342 e. The number of hydrogen-bond donors (Lipinski definition) is 1. The Morgan fingerprint density at radius 3 is 2.74 bits per heavy atom. The second-order valence-corrected chi connectivity index (χ2v) is 8.11. The largest absolute Gasteiger partial charge is 0.342 e. The van der Waals surface area contributed by atoms with Crippen LogP contribution in [0.2, 0.25) is 0 Å². The Labute approximate surface area is 149 Å². The quantitative estimate of drug-likeness (QED) is 0.880. The number of hydrogen-bond acceptors (Lipinski definition) is 3. The van der Waals surface area contributed by atoms with Crippen molar-refractivity contribution >= 4 is 29.7 Å². The molecule has 3 nitrogen and oxygen atoms in total. The maximum Gasteiger partial charge on any atom is 0.230 e. The molecule has 128 valence electrons. The first-order valence-corrected chi connectivity index (χ1v) is 9.79. The van der Waals surface area contributed by atoms with Gasteiger partial charge in [-0.25, -0.2) is 0 Å². The van der Waals surface area contributed by atoms with E-state index in [1.165, 1.54) is 55.5 Å². The number of amides is 1. The van der Waals surface area contributed by atoms with E-state index in [-0.39, 0.29) is 18.3 Å². The summed E-state index contributed by atoms with van der Waals surface area (Å²) in [7, 11) is 0. The second kappa shape index (κ2) is 7.54. The van der Waals surface area contributed by atoms with Crippen molar-refractivity contribution < 1.29 is 4.79 Å². The van der Waals surface area contributed by atoms with E-state index in [1.54, 1.807) is 0 Å². The van der Waals surface area contributed by atoms with Gasteiger partial charge in [0.1, 0.15) is 0 Å². The van der Waals surface area contributed by atoms with Gasteiger partial charge in [0.05, 0.1) is 5.92 Å². The van der Waals surface area contributed by atoms with Crippen LogP contribution in [0.4, 0.5) is 0 Å². The Morgan fingerprint density at radius 1 is 1.17 bits per heavy atom. The van der Waals surface area contributed by atoms with Crippen LogP contribution in [0.25, 0.3) is 0 Å². The number of halogens is 1. The summed E-state index contributed by atoms with van der Waals surface area (Å²) in [6.07, 6.45) is 8.43. The molecule has 3 heterocycles. The van der Waals surface area contributed by atoms with E-state index in [0.29, 0.717) is 5.91 Å². The van der Waals surface area contributed by atoms with Crippen molar-refractivity contribution in [1.29, 1.82) is 0 Å². The molecule has 23 heavy (non-hydrogen) atoms. The molecule has 2 fully saturated rings. The summed E-state index contributed by atoms with van der Waals surface area (Å²) in [5.74, 6) is 1.34. The van der Waals surface area contributed by atoms with Gasteiger partial charge < -0.3 is 10.2 Å². The number of nitrogens with one attached hydrogen (secondary N) is 1. The van der Waals surface area contributed by atoms with Crippen molar-refractivity contribution in [2.75, 3.05) is 19.6 Å². The Kier molecular flexibility index (Phi) is 5.65. The maximum atomic E-state index is 13.0. The molecule has 1 aliphatic carbocycles. The van der Waals surface area contributed by atoms with E-state index in [0.717, 1.165) is 31.5 Å². The zero-order valence-corrected chi connectivity index (χ0v) is 15.3. The topological polar surface area (TPSA) is 32.3 Å². The number of carbonyl (C=O) groups is 1. The molecule has 0 aromatic carbocycles. The third-order valence-electron chi connectivity index (χ3n) is 5.87. The summed E-state index contributed by atoms with van der Waals surface area (Å²) >= 11 is 1.83. The zero-order chi connectivity index (χ0) is 14.9. The lowest BCUT2D eigenvalue weighted by molar-refractivity contribution is -0.134. The molecule has 0 spiro atoms. The molecule has 5 heteroatoms. The standard InChI is InChI=1S/C18H26N2OS.ClH/c21-18(15-3-1-5-17-14(15)8-12-22-17)20-10-6-13(7-11-20)16-4-2-9-19-16;/h8,12-13,15-16,19H,1-7,9-11H2;1H. The van der Waals surface area contributed by atoms with E-state index in [9.17, 15) is 4.79 Å². The molecule has 1 aromatic rings. The van der Waals surface area contributed by atoms with Gasteiger partial charge in [0.2, 0.25) is 5.91 Å². The third kappa shape index (κ3) is 3.45. The number of aryl methyl sites for hydroxylation is 1. The molecule has 1 aromatic heterocycles. The fourth-order valence-corrected chi connectivity index (χ4v) is 5.59. The smallest absolute Gasteiger partial charge is 0.230 e. The molecule has 4 rings (SSSR count). The molecule has 1 N–H and O–H groups in total. The average molecular weight is 355 g/mol. The molecule has 2 atom stereocenters. The van der Waals surface area contributed by atoms with Gasteiger partial charge in [-0.05, 0) is 74.4 Å². The van der Waals surface area contributed by atoms with Crippen molar-refractivity contribution in [3.05, 3.63) is 21.9 Å². The van der Waals surface area contributed by atoms with Gasteiger partial charge in [0.25, 0.3) is 0 Å². The summed E-state index contributed by atoms with van der Waals surface area (Å²) in [6, 6.07) is 2.91. The van der Waals surface area contributed by atoms with Crippen molar-refractivity contribution in [2.45, 2.75) is 56.9 Å². The molecular formula is C18H27ClN2OS. The predicted molar refractivity (Wildman–Crippen MR) is 97.6 cm³/mol. The highest BCUT2D eigenvalue weighted by molar-refractivity contribution is 7.10. The van der Waals surface area contributed by atoms with Gasteiger partial charge >= 0.3 is 0 Å². The Balaban J connectivity index is 0.00000156. The van der Waals surface area contributed by atoms with Crippen LogP contribution in [0.3, 0.4) is 0 Å². The van der Waals surface area contributed by atoms with Gasteiger partial charge in [0, 0.05) is 24.0 Å².